The second-order valence-electron chi connectivity index (χ2n) is 16.8. The monoisotopic (exact) mass is 842 g/mol. The van der Waals surface area contributed by atoms with Crippen molar-refractivity contribution in [2.24, 2.45) is 0 Å². The van der Waals surface area contributed by atoms with Crippen molar-refractivity contribution in [2.45, 2.75) is 0 Å². The Morgan fingerprint density at radius 1 is 0.303 bits per heavy atom. The quantitative estimate of drug-likeness (QED) is 0.160. The molecule has 0 fully saturated rings. The molecule has 0 bridgehead atoms. The summed E-state index contributed by atoms with van der Waals surface area (Å²) in [5.41, 5.74) is 14.2. The van der Waals surface area contributed by atoms with Crippen molar-refractivity contribution >= 4 is 54.5 Å². The molecule has 308 valence electrons. The van der Waals surface area contributed by atoms with Gasteiger partial charge in [-0.15, -0.1) is 0 Å². The molecule has 10 aromatic carbocycles. The Labute approximate surface area is 380 Å². The molecule has 0 aliphatic heterocycles. The third kappa shape index (κ3) is 6.36. The predicted molar refractivity (Wildman–Crippen MR) is 272 cm³/mol. The van der Waals surface area contributed by atoms with Crippen LogP contribution in [-0.2, 0) is 0 Å². The van der Waals surface area contributed by atoms with Gasteiger partial charge in [-0.1, -0.05) is 188 Å². The summed E-state index contributed by atoms with van der Waals surface area (Å²) in [6.07, 6.45) is 0. The zero-order valence-electron chi connectivity index (χ0n) is 35.6. The summed E-state index contributed by atoms with van der Waals surface area (Å²) in [5.74, 6) is 1.76. The lowest BCUT2D eigenvalue weighted by Crippen LogP contribution is -2.02. The second kappa shape index (κ2) is 15.4. The van der Waals surface area contributed by atoms with E-state index in [0.717, 1.165) is 77.6 Å². The van der Waals surface area contributed by atoms with E-state index < -0.39 is 0 Å². The molecule has 0 amide bonds. The Bertz CT molecular complexity index is 3960. The van der Waals surface area contributed by atoms with Gasteiger partial charge in [0, 0.05) is 49.5 Å². The van der Waals surface area contributed by atoms with E-state index in [1.807, 2.05) is 36.4 Å². The Kier molecular flexibility index (Phi) is 8.78. The molecule has 0 N–H and O–H groups in total. The molecule has 0 unspecified atom stereocenters. The minimum Gasteiger partial charge on any atom is -0.455 e. The molecule has 13 aromatic rings. The van der Waals surface area contributed by atoms with Crippen LogP contribution in [0.3, 0.4) is 0 Å². The topological polar surface area (TPSA) is 56.7 Å². The van der Waals surface area contributed by atoms with E-state index in [1.165, 1.54) is 32.7 Å². The molecular formula is C61H38N4O. The molecule has 0 radical (unpaired) electrons. The molecule has 0 aliphatic rings. The largest absolute Gasteiger partial charge is 0.455 e. The lowest BCUT2D eigenvalue weighted by atomic mass is 9.96. The average molecular weight is 843 g/mol. The van der Waals surface area contributed by atoms with Gasteiger partial charge in [-0.2, -0.15) is 0 Å². The van der Waals surface area contributed by atoms with Crippen molar-refractivity contribution in [1.82, 2.24) is 19.5 Å². The van der Waals surface area contributed by atoms with E-state index in [0.29, 0.717) is 17.5 Å². The lowest BCUT2D eigenvalue weighted by molar-refractivity contribution is 0.670. The lowest BCUT2D eigenvalue weighted by Gasteiger charge is -2.16. The maximum atomic E-state index is 6.75. The van der Waals surface area contributed by atoms with Gasteiger partial charge in [0.15, 0.2) is 17.5 Å². The maximum Gasteiger partial charge on any atom is 0.164 e. The van der Waals surface area contributed by atoms with Gasteiger partial charge in [-0.05, 0) is 81.1 Å². The Morgan fingerprint density at radius 3 is 1.55 bits per heavy atom. The first-order valence-corrected chi connectivity index (χ1v) is 22.3. The molecule has 3 aromatic heterocycles. The van der Waals surface area contributed by atoms with Gasteiger partial charge in [0.2, 0.25) is 0 Å². The second-order valence-corrected chi connectivity index (χ2v) is 16.8. The summed E-state index contributed by atoms with van der Waals surface area (Å²) < 4.78 is 9.13. The summed E-state index contributed by atoms with van der Waals surface area (Å²) in [4.78, 5) is 15.7. The van der Waals surface area contributed by atoms with Crippen LogP contribution in [0.1, 0.15) is 0 Å². The van der Waals surface area contributed by atoms with Crippen molar-refractivity contribution in [3.05, 3.63) is 231 Å². The number of aromatic nitrogens is 4. The molecular weight excluding hydrogens is 805 g/mol. The number of furan rings is 1. The smallest absolute Gasteiger partial charge is 0.164 e. The molecule has 0 atom stereocenters. The van der Waals surface area contributed by atoms with Gasteiger partial charge in [0.25, 0.3) is 0 Å². The number of hydrogen-bond donors (Lipinski definition) is 0. The van der Waals surface area contributed by atoms with E-state index >= 15 is 0 Å². The van der Waals surface area contributed by atoms with Gasteiger partial charge >= 0.3 is 0 Å². The highest BCUT2D eigenvalue weighted by Crippen LogP contribution is 2.43. The van der Waals surface area contributed by atoms with Crippen molar-refractivity contribution in [1.29, 1.82) is 0 Å². The van der Waals surface area contributed by atoms with Crippen LogP contribution in [0.2, 0.25) is 0 Å². The van der Waals surface area contributed by atoms with Crippen LogP contribution >= 0.6 is 0 Å². The van der Waals surface area contributed by atoms with Gasteiger partial charge in [-0.3, -0.25) is 0 Å². The van der Waals surface area contributed by atoms with E-state index in [9.17, 15) is 0 Å². The van der Waals surface area contributed by atoms with Crippen LogP contribution in [0.15, 0.2) is 235 Å². The van der Waals surface area contributed by atoms with Crippen molar-refractivity contribution in [2.75, 3.05) is 0 Å². The number of fused-ring (bicyclic) bond motifs is 7. The number of para-hydroxylation sites is 3. The van der Waals surface area contributed by atoms with Crippen LogP contribution in [0.4, 0.5) is 0 Å². The molecule has 0 aliphatic carbocycles. The van der Waals surface area contributed by atoms with Gasteiger partial charge in [-0.25, -0.2) is 15.0 Å². The first-order valence-electron chi connectivity index (χ1n) is 22.3. The van der Waals surface area contributed by atoms with E-state index in [1.54, 1.807) is 0 Å². The van der Waals surface area contributed by atoms with E-state index in [4.69, 9.17) is 19.4 Å². The van der Waals surface area contributed by atoms with Crippen LogP contribution in [-0.4, -0.2) is 19.5 Å². The van der Waals surface area contributed by atoms with Gasteiger partial charge < -0.3 is 8.98 Å². The number of rotatable bonds is 7. The van der Waals surface area contributed by atoms with Crippen molar-refractivity contribution < 1.29 is 4.42 Å². The molecule has 13 rings (SSSR count). The van der Waals surface area contributed by atoms with Crippen molar-refractivity contribution in [3.8, 4) is 73.2 Å². The number of nitrogens with zero attached hydrogens (tertiary/aromatic N) is 4. The molecule has 0 saturated carbocycles. The highest BCUT2D eigenvalue weighted by molar-refractivity contribution is 6.14. The summed E-state index contributed by atoms with van der Waals surface area (Å²) in [7, 11) is 0. The molecule has 0 spiro atoms. The highest BCUT2D eigenvalue weighted by Gasteiger charge is 2.22. The minimum absolute atomic E-state index is 0.572. The number of benzene rings is 10. The third-order valence-electron chi connectivity index (χ3n) is 12.9. The Hall–Kier alpha value is -8.93. The third-order valence-corrected chi connectivity index (χ3v) is 12.9. The van der Waals surface area contributed by atoms with Crippen LogP contribution in [0.25, 0.3) is 128 Å². The fourth-order valence-corrected chi connectivity index (χ4v) is 9.62. The molecule has 66 heavy (non-hydrogen) atoms. The first-order chi connectivity index (χ1) is 32.7. The van der Waals surface area contributed by atoms with Crippen molar-refractivity contribution in [3.63, 3.8) is 0 Å². The summed E-state index contributed by atoms with van der Waals surface area (Å²) in [6.45, 7) is 0. The van der Waals surface area contributed by atoms with Crippen LogP contribution < -0.4 is 0 Å². The molecule has 5 nitrogen and oxygen atoms in total. The zero-order chi connectivity index (χ0) is 43.6. The SMILES string of the molecule is c1ccc(-c2ccc(-c3ccc(-c4nc(-c5ccccc5)nc(-c5ccc(-n6c7ccccc7c7cc8ccccc8cc76)cc5-c5cccc6c5oc5ccccc56)n4)cc3)cc2)cc1. The molecule has 0 saturated heterocycles. The summed E-state index contributed by atoms with van der Waals surface area (Å²) >= 11 is 0. The average Bonchev–Trinajstić information content (AvgIpc) is 3.94. The number of hydrogen-bond acceptors (Lipinski definition) is 4. The highest BCUT2D eigenvalue weighted by atomic mass is 16.3. The minimum atomic E-state index is 0.572. The zero-order valence-corrected chi connectivity index (χ0v) is 35.6. The fourth-order valence-electron chi connectivity index (χ4n) is 9.62. The Balaban J connectivity index is 1.01. The summed E-state index contributed by atoms with van der Waals surface area (Å²) in [5, 5.41) is 6.95. The first kappa shape index (κ1) is 37.6. The van der Waals surface area contributed by atoms with Gasteiger partial charge in [0.1, 0.15) is 11.2 Å². The maximum absolute atomic E-state index is 6.75. The standard InChI is InChI=1S/C61H38N4O/c1-3-14-39(15-4-1)40-26-28-41(29-27-40)42-30-32-44(33-31-42)60-62-59(43-16-5-2-6-17-43)63-61(64-60)52-35-34-47(38-53(52)51-23-13-22-50-49-21-10-12-25-57(49)66-58(50)51)65-55-24-11-9-20-48(55)54-36-45-18-7-8-19-46(45)37-56(54)65/h1-38H. The van der Waals surface area contributed by atoms with Crippen LogP contribution in [0, 0.1) is 0 Å². The fraction of sp³-hybridized carbons (Fsp3) is 0. The Morgan fingerprint density at radius 2 is 0.833 bits per heavy atom. The normalized spacial score (nSPS) is 11.6. The van der Waals surface area contributed by atoms with E-state index in [-0.39, 0.29) is 0 Å². The van der Waals surface area contributed by atoms with E-state index in [2.05, 4.69) is 199 Å². The molecule has 5 heteroatoms. The van der Waals surface area contributed by atoms with Crippen LogP contribution in [0.5, 0.6) is 0 Å². The predicted octanol–water partition coefficient (Wildman–Crippen LogP) is 16.0. The summed E-state index contributed by atoms with van der Waals surface area (Å²) in [6, 6.07) is 81.1. The van der Waals surface area contributed by atoms with Gasteiger partial charge in [0.05, 0.1) is 11.0 Å². The molecule has 3 heterocycles.